The van der Waals surface area contributed by atoms with Crippen LogP contribution in [0.2, 0.25) is 0 Å². The molecule has 6 nitrogen and oxygen atoms in total. The Morgan fingerprint density at radius 1 is 1.24 bits per heavy atom. The van der Waals surface area contributed by atoms with Gasteiger partial charge in [0.25, 0.3) is 0 Å². The molecule has 2 saturated heterocycles. The minimum atomic E-state index is -0.610. The van der Waals surface area contributed by atoms with Crippen LogP contribution < -0.4 is 0 Å². The molecular formula is C19H27N3O3. The van der Waals surface area contributed by atoms with E-state index < -0.39 is 5.54 Å². The van der Waals surface area contributed by atoms with Crippen LogP contribution in [-0.4, -0.2) is 65.5 Å². The third-order valence-corrected chi connectivity index (χ3v) is 5.44. The number of ether oxygens (including phenoxy) is 1. The lowest BCUT2D eigenvalue weighted by atomic mass is 9.85. The number of methoxy groups -OCH3 is 1. The quantitative estimate of drug-likeness (QED) is 0.786. The molecule has 0 N–H and O–H groups in total. The summed E-state index contributed by atoms with van der Waals surface area (Å²) >= 11 is 0. The van der Waals surface area contributed by atoms with Crippen LogP contribution in [0.1, 0.15) is 37.7 Å². The van der Waals surface area contributed by atoms with Crippen LogP contribution in [0.3, 0.4) is 0 Å². The molecule has 0 saturated carbocycles. The molecule has 2 aliphatic rings. The van der Waals surface area contributed by atoms with Gasteiger partial charge in [-0.1, -0.05) is 0 Å². The highest BCUT2D eigenvalue weighted by Crippen LogP contribution is 2.38. The van der Waals surface area contributed by atoms with Gasteiger partial charge in [-0.25, -0.2) is 0 Å². The molecule has 3 heterocycles. The summed E-state index contributed by atoms with van der Waals surface area (Å²) < 4.78 is 5.13. The largest absolute Gasteiger partial charge is 0.383 e. The highest BCUT2D eigenvalue weighted by molar-refractivity contribution is 5.92. The second-order valence-corrected chi connectivity index (χ2v) is 6.92. The number of hydrogen-bond donors (Lipinski definition) is 0. The van der Waals surface area contributed by atoms with E-state index in [0.29, 0.717) is 32.5 Å². The Morgan fingerprint density at radius 2 is 1.96 bits per heavy atom. The van der Waals surface area contributed by atoms with Gasteiger partial charge in [0.2, 0.25) is 11.8 Å². The molecule has 0 aromatic carbocycles. The standard InChI is InChI=1S/C19H27N3O3/c1-25-15-14-21-12-2-8-19(18(21)24)9-3-13-22(19)17(23)5-4-16-6-10-20-11-7-16/h6-7,10-11H,2-5,8-9,12-15H2,1H3. The lowest BCUT2D eigenvalue weighted by Crippen LogP contribution is -2.61. The second-order valence-electron chi connectivity index (χ2n) is 6.92. The molecule has 1 atom stereocenters. The van der Waals surface area contributed by atoms with Gasteiger partial charge in [-0.15, -0.1) is 0 Å². The molecule has 1 aromatic rings. The zero-order valence-corrected chi connectivity index (χ0v) is 14.9. The number of carbonyl (C=O) groups excluding carboxylic acids is 2. The van der Waals surface area contributed by atoms with E-state index in [-0.39, 0.29) is 11.8 Å². The molecule has 136 valence electrons. The van der Waals surface area contributed by atoms with Crippen molar-refractivity contribution in [2.24, 2.45) is 0 Å². The Kier molecular flexibility index (Phi) is 5.68. The number of hydrogen-bond acceptors (Lipinski definition) is 4. The van der Waals surface area contributed by atoms with Crippen LogP contribution in [-0.2, 0) is 20.7 Å². The molecule has 25 heavy (non-hydrogen) atoms. The summed E-state index contributed by atoms with van der Waals surface area (Å²) in [5, 5.41) is 0. The molecule has 0 aliphatic carbocycles. The summed E-state index contributed by atoms with van der Waals surface area (Å²) in [6.45, 7) is 2.61. The number of aryl methyl sites for hydroxylation is 1. The van der Waals surface area contributed by atoms with Gasteiger partial charge in [-0.2, -0.15) is 0 Å². The van der Waals surface area contributed by atoms with Crippen molar-refractivity contribution in [3.8, 4) is 0 Å². The van der Waals surface area contributed by atoms with Gasteiger partial charge in [0, 0.05) is 45.6 Å². The molecular weight excluding hydrogens is 318 g/mol. The molecule has 1 spiro atoms. The van der Waals surface area contributed by atoms with E-state index in [9.17, 15) is 9.59 Å². The maximum atomic E-state index is 13.1. The van der Waals surface area contributed by atoms with Gasteiger partial charge in [0.05, 0.1) is 6.61 Å². The third-order valence-electron chi connectivity index (χ3n) is 5.44. The van der Waals surface area contributed by atoms with Gasteiger partial charge in [-0.3, -0.25) is 14.6 Å². The molecule has 1 unspecified atom stereocenters. The summed E-state index contributed by atoms with van der Waals surface area (Å²) in [6, 6.07) is 3.87. The molecule has 0 radical (unpaired) electrons. The van der Waals surface area contributed by atoms with Crippen molar-refractivity contribution in [1.82, 2.24) is 14.8 Å². The van der Waals surface area contributed by atoms with Crippen LogP contribution >= 0.6 is 0 Å². The number of aromatic nitrogens is 1. The van der Waals surface area contributed by atoms with Crippen molar-refractivity contribution < 1.29 is 14.3 Å². The van der Waals surface area contributed by atoms with Gasteiger partial charge < -0.3 is 14.5 Å². The smallest absolute Gasteiger partial charge is 0.248 e. The van der Waals surface area contributed by atoms with Gasteiger partial charge in [0.1, 0.15) is 5.54 Å². The van der Waals surface area contributed by atoms with Crippen molar-refractivity contribution in [3.63, 3.8) is 0 Å². The van der Waals surface area contributed by atoms with E-state index >= 15 is 0 Å². The van der Waals surface area contributed by atoms with E-state index in [0.717, 1.165) is 37.8 Å². The Morgan fingerprint density at radius 3 is 2.68 bits per heavy atom. The van der Waals surface area contributed by atoms with Crippen molar-refractivity contribution in [2.75, 3.05) is 33.4 Å². The Balaban J connectivity index is 1.68. The van der Waals surface area contributed by atoms with Crippen molar-refractivity contribution in [2.45, 2.75) is 44.1 Å². The number of rotatable bonds is 6. The predicted molar refractivity (Wildman–Crippen MR) is 93.9 cm³/mol. The first-order valence-corrected chi connectivity index (χ1v) is 9.15. The van der Waals surface area contributed by atoms with Crippen molar-refractivity contribution in [3.05, 3.63) is 30.1 Å². The minimum Gasteiger partial charge on any atom is -0.383 e. The fraction of sp³-hybridized carbons (Fsp3) is 0.632. The van der Waals surface area contributed by atoms with Gasteiger partial charge in [0.15, 0.2) is 0 Å². The number of amides is 2. The number of likely N-dealkylation sites (tertiary alicyclic amines) is 2. The van der Waals surface area contributed by atoms with Crippen LogP contribution in [0.5, 0.6) is 0 Å². The highest BCUT2D eigenvalue weighted by Gasteiger charge is 2.52. The van der Waals surface area contributed by atoms with E-state index in [2.05, 4.69) is 4.98 Å². The predicted octanol–water partition coefficient (Wildman–Crippen LogP) is 1.64. The molecule has 3 rings (SSSR count). The van der Waals surface area contributed by atoms with E-state index in [4.69, 9.17) is 4.74 Å². The Labute approximate surface area is 149 Å². The topological polar surface area (TPSA) is 62.7 Å². The molecule has 6 heteroatoms. The zero-order valence-electron chi connectivity index (χ0n) is 14.9. The van der Waals surface area contributed by atoms with E-state index in [1.807, 2.05) is 21.9 Å². The first-order chi connectivity index (χ1) is 12.2. The Bertz CT molecular complexity index is 607. The third kappa shape index (κ3) is 3.68. The number of piperidine rings is 1. The van der Waals surface area contributed by atoms with Crippen LogP contribution in [0.25, 0.3) is 0 Å². The summed E-state index contributed by atoms with van der Waals surface area (Å²) in [6.07, 6.45) is 8.05. The summed E-state index contributed by atoms with van der Waals surface area (Å²) in [7, 11) is 1.65. The van der Waals surface area contributed by atoms with E-state index in [1.165, 1.54) is 0 Å². The van der Waals surface area contributed by atoms with Gasteiger partial charge in [-0.05, 0) is 49.8 Å². The summed E-state index contributed by atoms with van der Waals surface area (Å²) in [5.41, 5.74) is 0.495. The monoisotopic (exact) mass is 345 g/mol. The maximum absolute atomic E-state index is 13.1. The van der Waals surface area contributed by atoms with Crippen molar-refractivity contribution in [1.29, 1.82) is 0 Å². The maximum Gasteiger partial charge on any atom is 0.248 e. The SMILES string of the molecule is COCCN1CCCC2(CCCN2C(=O)CCc2ccncc2)C1=O. The average molecular weight is 345 g/mol. The first-order valence-electron chi connectivity index (χ1n) is 9.15. The second kappa shape index (κ2) is 7.95. The average Bonchev–Trinajstić information content (AvgIpc) is 3.06. The van der Waals surface area contributed by atoms with Crippen LogP contribution in [0.15, 0.2) is 24.5 Å². The fourth-order valence-electron chi connectivity index (χ4n) is 4.14. The normalized spacial score (nSPS) is 23.5. The minimum absolute atomic E-state index is 0.0938. The summed E-state index contributed by atoms with van der Waals surface area (Å²) in [4.78, 5) is 33.7. The van der Waals surface area contributed by atoms with Crippen LogP contribution in [0, 0.1) is 0 Å². The molecule has 0 bridgehead atoms. The van der Waals surface area contributed by atoms with Crippen LogP contribution in [0.4, 0.5) is 0 Å². The molecule has 2 fully saturated rings. The molecule has 2 aliphatic heterocycles. The van der Waals surface area contributed by atoms with E-state index in [1.54, 1.807) is 19.5 Å². The lowest BCUT2D eigenvalue weighted by molar-refractivity contribution is -0.155. The number of nitrogens with zero attached hydrogens (tertiary/aromatic N) is 3. The molecule has 2 amide bonds. The number of pyridine rings is 1. The lowest BCUT2D eigenvalue weighted by Gasteiger charge is -2.44. The zero-order chi connectivity index (χ0) is 17.7. The first kappa shape index (κ1) is 17.9. The fourth-order valence-corrected chi connectivity index (χ4v) is 4.14. The van der Waals surface area contributed by atoms with Crippen molar-refractivity contribution >= 4 is 11.8 Å². The Hall–Kier alpha value is -1.95. The molecule has 1 aromatic heterocycles. The highest BCUT2D eigenvalue weighted by atomic mass is 16.5. The van der Waals surface area contributed by atoms with Gasteiger partial charge >= 0.3 is 0 Å². The number of carbonyl (C=O) groups is 2. The summed E-state index contributed by atoms with van der Waals surface area (Å²) in [5.74, 6) is 0.210.